The lowest BCUT2D eigenvalue weighted by Gasteiger charge is -2.27. The molecule has 0 saturated carbocycles. The fourth-order valence-corrected chi connectivity index (χ4v) is 2.83. The average molecular weight is 346 g/mol. The summed E-state index contributed by atoms with van der Waals surface area (Å²) < 4.78 is 89.1. The van der Waals surface area contributed by atoms with Crippen molar-refractivity contribution in [2.24, 2.45) is 5.92 Å². The zero-order valence-corrected chi connectivity index (χ0v) is 11.5. The van der Waals surface area contributed by atoms with Crippen LogP contribution in [0.2, 0.25) is 0 Å². The number of alkyl halides is 6. The molecule has 0 radical (unpaired) electrons. The van der Waals surface area contributed by atoms with Gasteiger partial charge in [0.15, 0.2) is 5.66 Å². The number of rotatable bonds is 6. The fraction of sp³-hybridized carbons (Fsp3) is 0.889. The highest BCUT2D eigenvalue weighted by Gasteiger charge is 2.51. The van der Waals surface area contributed by atoms with Gasteiger partial charge in [-0.25, -0.2) is 0 Å². The molecular weight excluding hydrogens is 333 g/mol. The van der Waals surface area contributed by atoms with Crippen LogP contribution in [0.5, 0.6) is 0 Å². The Labute approximate surface area is 115 Å². The Kier molecular flexibility index (Phi) is 6.71. The van der Waals surface area contributed by atoms with Gasteiger partial charge in [0.1, 0.15) is 0 Å². The first kappa shape index (κ1) is 20.2. The van der Waals surface area contributed by atoms with Crippen LogP contribution in [-0.4, -0.2) is 40.4 Å². The van der Waals surface area contributed by atoms with E-state index in [1.807, 2.05) is 0 Å². The summed E-state index contributed by atoms with van der Waals surface area (Å²) in [6, 6.07) is 0. The van der Waals surface area contributed by atoms with Crippen LogP contribution in [0.1, 0.15) is 19.8 Å². The summed E-state index contributed by atoms with van der Waals surface area (Å²) in [7, 11) is -5.56. The van der Waals surface area contributed by atoms with Crippen molar-refractivity contribution in [1.29, 1.82) is 0 Å². The topological polar surface area (TPSA) is 83.8 Å². The van der Waals surface area contributed by atoms with E-state index in [1.165, 1.54) is 6.92 Å². The van der Waals surface area contributed by atoms with Gasteiger partial charge in [-0.05, 0) is 6.92 Å². The van der Waals surface area contributed by atoms with E-state index in [9.17, 15) is 35.7 Å². The second kappa shape index (κ2) is 6.97. The third-order valence-electron chi connectivity index (χ3n) is 2.32. The van der Waals surface area contributed by atoms with Gasteiger partial charge in [0, 0.05) is 18.8 Å². The Morgan fingerprint density at radius 3 is 1.71 bits per heavy atom. The van der Waals surface area contributed by atoms with Crippen molar-refractivity contribution >= 4 is 13.6 Å². The minimum absolute atomic E-state index is 0.444. The Hall–Kier alpha value is -0.800. The quantitative estimate of drug-likeness (QED) is 0.439. The average Bonchev–Trinajstić information content (AvgIpc) is 2.08. The molecule has 0 aliphatic rings. The lowest BCUT2D eigenvalue weighted by Crippen LogP contribution is -2.37. The van der Waals surface area contributed by atoms with Crippen molar-refractivity contribution < 1.29 is 50.2 Å². The van der Waals surface area contributed by atoms with Gasteiger partial charge < -0.3 is 14.5 Å². The van der Waals surface area contributed by atoms with Gasteiger partial charge in [0.25, 0.3) is 0 Å². The molecule has 0 saturated heterocycles. The van der Waals surface area contributed by atoms with Crippen LogP contribution in [0.4, 0.5) is 26.3 Å². The Balaban J connectivity index is 5.56. The van der Waals surface area contributed by atoms with Crippen molar-refractivity contribution in [2.75, 3.05) is 6.61 Å². The molecule has 0 aliphatic carbocycles. The second-order valence-corrected chi connectivity index (χ2v) is 5.92. The van der Waals surface area contributed by atoms with Gasteiger partial charge in [-0.15, -0.1) is 0 Å². The van der Waals surface area contributed by atoms with Crippen molar-refractivity contribution in [3.63, 3.8) is 0 Å². The summed E-state index contributed by atoms with van der Waals surface area (Å²) in [5.74, 6) is -4.45. The number of ether oxygens (including phenoxy) is 1. The summed E-state index contributed by atoms with van der Waals surface area (Å²) in [5, 5.41) is 0. The molecule has 12 heteroatoms. The lowest BCUT2D eigenvalue weighted by molar-refractivity contribution is -0.176. The van der Waals surface area contributed by atoms with E-state index in [1.54, 1.807) is 0 Å². The highest BCUT2D eigenvalue weighted by molar-refractivity contribution is 7.53. The zero-order valence-electron chi connectivity index (χ0n) is 10.6. The largest absolute Gasteiger partial charge is 0.465 e. The third kappa shape index (κ3) is 8.27. The van der Waals surface area contributed by atoms with Crippen molar-refractivity contribution in [2.45, 2.75) is 37.8 Å². The first-order valence-electron chi connectivity index (χ1n) is 5.52. The van der Waals surface area contributed by atoms with Crippen LogP contribution in [0.3, 0.4) is 0 Å². The number of hydrogen-bond acceptors (Lipinski definition) is 3. The van der Waals surface area contributed by atoms with E-state index in [-0.39, 0.29) is 0 Å². The molecule has 5 nitrogen and oxygen atoms in total. The minimum atomic E-state index is -5.56. The first-order valence-corrected chi connectivity index (χ1v) is 7.21. The van der Waals surface area contributed by atoms with Crippen LogP contribution < -0.4 is 0 Å². The van der Waals surface area contributed by atoms with Crippen molar-refractivity contribution in [3.8, 4) is 0 Å². The van der Waals surface area contributed by atoms with E-state index < -0.39 is 56.9 Å². The molecule has 0 amide bonds. The lowest BCUT2D eigenvalue weighted by atomic mass is 9.96. The molecule has 0 aromatic carbocycles. The molecule has 0 bridgehead atoms. The van der Waals surface area contributed by atoms with Crippen LogP contribution in [-0.2, 0) is 14.1 Å². The Bertz CT molecular complexity index is 384. The molecule has 0 aliphatic heterocycles. The third-order valence-corrected chi connectivity index (χ3v) is 3.68. The standard InChI is InChI=1S/C9H13F6O5P/c1-2-20-7(16)6(21(17,18)19)5(3-8(10,11)12)4-9(13,14)15/h5-6H,2-4H2,1H3,(H2,17,18,19). The van der Waals surface area contributed by atoms with E-state index in [4.69, 9.17) is 9.79 Å². The molecule has 0 rings (SSSR count). The van der Waals surface area contributed by atoms with Crippen LogP contribution in [0.15, 0.2) is 0 Å². The van der Waals surface area contributed by atoms with Crippen LogP contribution >= 0.6 is 7.60 Å². The number of carbonyl (C=O) groups is 1. The highest BCUT2D eigenvalue weighted by Crippen LogP contribution is 2.50. The summed E-state index contributed by atoms with van der Waals surface area (Å²) in [5.41, 5.74) is -2.82. The van der Waals surface area contributed by atoms with Gasteiger partial charge in [-0.1, -0.05) is 0 Å². The molecule has 1 unspecified atom stereocenters. The van der Waals surface area contributed by atoms with Crippen LogP contribution in [0, 0.1) is 5.92 Å². The SMILES string of the molecule is CCOC(=O)C(C(CC(F)(F)F)CC(F)(F)F)P(=O)(O)O. The van der Waals surface area contributed by atoms with Gasteiger partial charge in [0.05, 0.1) is 6.61 Å². The summed E-state index contributed by atoms with van der Waals surface area (Å²) in [6.07, 6.45) is -14.6. The maximum atomic E-state index is 12.3. The normalized spacial score (nSPS) is 15.1. The molecule has 0 aromatic heterocycles. The van der Waals surface area contributed by atoms with Crippen molar-refractivity contribution in [1.82, 2.24) is 0 Å². The van der Waals surface area contributed by atoms with Gasteiger partial charge in [-0.2, -0.15) is 26.3 Å². The van der Waals surface area contributed by atoms with Gasteiger partial charge in [0.2, 0.25) is 0 Å². The van der Waals surface area contributed by atoms with Crippen molar-refractivity contribution in [3.05, 3.63) is 0 Å². The van der Waals surface area contributed by atoms with Crippen LogP contribution in [0.25, 0.3) is 0 Å². The molecule has 21 heavy (non-hydrogen) atoms. The number of halogens is 6. The van der Waals surface area contributed by atoms with E-state index in [0.717, 1.165) is 0 Å². The molecule has 2 N–H and O–H groups in total. The molecule has 0 spiro atoms. The maximum absolute atomic E-state index is 12.3. The molecule has 126 valence electrons. The monoisotopic (exact) mass is 346 g/mol. The molecular formula is C9H13F6O5P. The smallest absolute Gasteiger partial charge is 0.389 e. The van der Waals surface area contributed by atoms with E-state index >= 15 is 0 Å². The highest BCUT2D eigenvalue weighted by atomic mass is 31.2. The fourth-order valence-electron chi connectivity index (χ4n) is 1.72. The second-order valence-electron chi connectivity index (χ2n) is 4.18. The predicted molar refractivity (Wildman–Crippen MR) is 57.3 cm³/mol. The predicted octanol–water partition coefficient (Wildman–Crippen LogP) is 2.62. The van der Waals surface area contributed by atoms with E-state index in [2.05, 4.69) is 4.74 Å². The molecule has 0 heterocycles. The Morgan fingerprint density at radius 1 is 1.10 bits per heavy atom. The summed E-state index contributed by atoms with van der Waals surface area (Å²) in [6.45, 7) is 0.747. The Morgan fingerprint density at radius 2 is 1.48 bits per heavy atom. The molecule has 0 aromatic rings. The number of esters is 1. The van der Waals surface area contributed by atoms with Gasteiger partial charge in [-0.3, -0.25) is 9.36 Å². The first-order chi connectivity index (χ1) is 9.17. The molecule has 1 atom stereocenters. The summed E-state index contributed by atoms with van der Waals surface area (Å²) in [4.78, 5) is 29.2. The molecule has 0 fully saturated rings. The number of carbonyl (C=O) groups excluding carboxylic acids is 1. The number of hydrogen-bond donors (Lipinski definition) is 2. The summed E-state index contributed by atoms with van der Waals surface area (Å²) >= 11 is 0. The zero-order chi connectivity index (χ0) is 17.1. The van der Waals surface area contributed by atoms with Gasteiger partial charge >= 0.3 is 25.9 Å². The van der Waals surface area contributed by atoms with E-state index in [0.29, 0.717) is 0 Å². The maximum Gasteiger partial charge on any atom is 0.389 e. The minimum Gasteiger partial charge on any atom is -0.465 e.